The molecule has 0 bridgehead atoms. The number of hydrogen-bond acceptors (Lipinski definition) is 2. The standard InChI is InChI=1S/C11H12ClN3/c1-8(2)11-14-5-6-15(11)10-3-4-13-7-9(10)12/h3-8H,1-2H3. The SMILES string of the molecule is CC(C)c1nccn1-c1ccncc1Cl. The van der Waals surface area contributed by atoms with E-state index in [-0.39, 0.29) is 0 Å². The van der Waals surface area contributed by atoms with E-state index in [4.69, 9.17) is 11.6 Å². The van der Waals surface area contributed by atoms with Gasteiger partial charge in [-0.3, -0.25) is 4.98 Å². The maximum Gasteiger partial charge on any atom is 0.115 e. The van der Waals surface area contributed by atoms with Gasteiger partial charge in [0.2, 0.25) is 0 Å². The summed E-state index contributed by atoms with van der Waals surface area (Å²) in [6.45, 7) is 4.21. The molecule has 0 spiro atoms. The number of halogens is 1. The first-order chi connectivity index (χ1) is 7.20. The second-order valence-electron chi connectivity index (χ2n) is 3.64. The highest BCUT2D eigenvalue weighted by molar-refractivity contribution is 6.32. The molecule has 2 rings (SSSR count). The van der Waals surface area contributed by atoms with Crippen LogP contribution in [-0.4, -0.2) is 14.5 Å². The quantitative estimate of drug-likeness (QED) is 0.781. The lowest BCUT2D eigenvalue weighted by molar-refractivity contribution is 0.751. The fourth-order valence-electron chi connectivity index (χ4n) is 1.51. The largest absolute Gasteiger partial charge is 0.302 e. The Hall–Kier alpha value is -1.35. The van der Waals surface area contributed by atoms with Crippen LogP contribution >= 0.6 is 11.6 Å². The van der Waals surface area contributed by atoms with Gasteiger partial charge in [0.1, 0.15) is 5.82 Å². The van der Waals surface area contributed by atoms with Crippen LogP contribution < -0.4 is 0 Å². The Morgan fingerprint density at radius 2 is 2.13 bits per heavy atom. The molecule has 0 saturated heterocycles. The molecular weight excluding hydrogens is 210 g/mol. The van der Waals surface area contributed by atoms with Gasteiger partial charge in [0, 0.05) is 30.7 Å². The van der Waals surface area contributed by atoms with Crippen LogP contribution in [0.5, 0.6) is 0 Å². The second-order valence-corrected chi connectivity index (χ2v) is 4.04. The fourth-order valence-corrected chi connectivity index (χ4v) is 1.72. The van der Waals surface area contributed by atoms with Crippen molar-refractivity contribution in [2.24, 2.45) is 0 Å². The lowest BCUT2D eigenvalue weighted by Crippen LogP contribution is -2.02. The van der Waals surface area contributed by atoms with E-state index in [9.17, 15) is 0 Å². The second kappa shape index (κ2) is 4.03. The molecule has 0 fully saturated rings. The summed E-state index contributed by atoms with van der Waals surface area (Å²) in [6.07, 6.45) is 7.06. The van der Waals surface area contributed by atoms with E-state index >= 15 is 0 Å². The van der Waals surface area contributed by atoms with Gasteiger partial charge in [-0.05, 0) is 6.07 Å². The molecule has 0 radical (unpaired) electrons. The molecule has 0 aromatic carbocycles. The molecule has 2 heterocycles. The number of rotatable bonds is 2. The lowest BCUT2D eigenvalue weighted by atomic mass is 10.2. The molecule has 0 aliphatic heterocycles. The third-order valence-electron chi connectivity index (χ3n) is 2.20. The molecule has 0 amide bonds. The monoisotopic (exact) mass is 221 g/mol. The van der Waals surface area contributed by atoms with E-state index in [2.05, 4.69) is 23.8 Å². The van der Waals surface area contributed by atoms with Gasteiger partial charge < -0.3 is 4.57 Å². The summed E-state index contributed by atoms with van der Waals surface area (Å²) in [5, 5.41) is 0.636. The summed E-state index contributed by atoms with van der Waals surface area (Å²) in [5.41, 5.74) is 0.924. The zero-order valence-electron chi connectivity index (χ0n) is 8.68. The van der Waals surface area contributed by atoms with Crippen LogP contribution in [0.1, 0.15) is 25.6 Å². The zero-order chi connectivity index (χ0) is 10.8. The van der Waals surface area contributed by atoms with Crippen molar-refractivity contribution in [1.82, 2.24) is 14.5 Å². The van der Waals surface area contributed by atoms with Crippen molar-refractivity contribution < 1.29 is 0 Å². The van der Waals surface area contributed by atoms with Gasteiger partial charge in [-0.25, -0.2) is 4.98 Å². The van der Waals surface area contributed by atoms with Crippen molar-refractivity contribution in [2.45, 2.75) is 19.8 Å². The molecule has 2 aromatic heterocycles. The summed E-state index contributed by atoms with van der Waals surface area (Å²) < 4.78 is 1.99. The van der Waals surface area contributed by atoms with Crippen LogP contribution in [0.15, 0.2) is 30.9 Å². The molecule has 0 aliphatic rings. The van der Waals surface area contributed by atoms with E-state index in [0.29, 0.717) is 10.9 Å². The first-order valence-electron chi connectivity index (χ1n) is 4.83. The predicted octanol–water partition coefficient (Wildman–Crippen LogP) is 3.04. The Kier molecular flexibility index (Phi) is 2.73. The molecule has 15 heavy (non-hydrogen) atoms. The highest BCUT2D eigenvalue weighted by Gasteiger charge is 2.10. The minimum atomic E-state index is 0.365. The van der Waals surface area contributed by atoms with Gasteiger partial charge >= 0.3 is 0 Å². The van der Waals surface area contributed by atoms with Crippen molar-refractivity contribution in [3.05, 3.63) is 41.7 Å². The summed E-state index contributed by atoms with van der Waals surface area (Å²) >= 11 is 6.08. The summed E-state index contributed by atoms with van der Waals surface area (Å²) in [5.74, 6) is 1.37. The van der Waals surface area contributed by atoms with Crippen LogP contribution in [0.25, 0.3) is 5.69 Å². The van der Waals surface area contributed by atoms with Gasteiger partial charge in [0.05, 0.1) is 10.7 Å². The Morgan fingerprint density at radius 3 is 2.80 bits per heavy atom. The average Bonchev–Trinajstić information content (AvgIpc) is 2.67. The minimum absolute atomic E-state index is 0.365. The van der Waals surface area contributed by atoms with Crippen LogP contribution in [-0.2, 0) is 0 Å². The Bertz CT molecular complexity index is 462. The molecule has 0 aliphatic carbocycles. The molecule has 4 heteroatoms. The maximum absolute atomic E-state index is 6.08. The van der Waals surface area contributed by atoms with Gasteiger partial charge in [0.15, 0.2) is 0 Å². The number of pyridine rings is 1. The first-order valence-corrected chi connectivity index (χ1v) is 5.21. The normalized spacial score (nSPS) is 10.9. The van der Waals surface area contributed by atoms with E-state index in [1.165, 1.54) is 0 Å². The van der Waals surface area contributed by atoms with Crippen molar-refractivity contribution >= 4 is 11.6 Å². The first kappa shape index (κ1) is 10.2. The third kappa shape index (κ3) is 1.88. The van der Waals surface area contributed by atoms with E-state index < -0.39 is 0 Å². The van der Waals surface area contributed by atoms with Crippen molar-refractivity contribution in [1.29, 1.82) is 0 Å². The molecule has 0 N–H and O–H groups in total. The highest BCUT2D eigenvalue weighted by atomic mass is 35.5. The topological polar surface area (TPSA) is 30.7 Å². The maximum atomic E-state index is 6.08. The van der Waals surface area contributed by atoms with Crippen LogP contribution in [0.2, 0.25) is 5.02 Å². The number of imidazole rings is 1. The van der Waals surface area contributed by atoms with Gasteiger partial charge in [-0.15, -0.1) is 0 Å². The predicted molar refractivity (Wildman–Crippen MR) is 60.5 cm³/mol. The van der Waals surface area contributed by atoms with Crippen LogP contribution in [0, 0.1) is 0 Å². The fraction of sp³-hybridized carbons (Fsp3) is 0.273. The smallest absolute Gasteiger partial charge is 0.115 e. The molecule has 0 unspecified atom stereocenters. The van der Waals surface area contributed by atoms with Crippen LogP contribution in [0.3, 0.4) is 0 Å². The Labute approximate surface area is 93.7 Å². The molecule has 0 atom stereocenters. The van der Waals surface area contributed by atoms with Crippen molar-refractivity contribution in [2.75, 3.05) is 0 Å². The number of hydrogen-bond donors (Lipinski definition) is 0. The van der Waals surface area contributed by atoms with E-state index in [0.717, 1.165) is 11.5 Å². The Balaban J connectivity index is 2.55. The molecule has 2 aromatic rings. The minimum Gasteiger partial charge on any atom is -0.302 e. The number of aromatic nitrogens is 3. The zero-order valence-corrected chi connectivity index (χ0v) is 9.44. The summed E-state index contributed by atoms with van der Waals surface area (Å²) in [4.78, 5) is 8.28. The summed E-state index contributed by atoms with van der Waals surface area (Å²) in [7, 11) is 0. The van der Waals surface area contributed by atoms with Crippen molar-refractivity contribution in [3.63, 3.8) is 0 Å². The third-order valence-corrected chi connectivity index (χ3v) is 2.49. The van der Waals surface area contributed by atoms with Crippen molar-refractivity contribution in [3.8, 4) is 5.69 Å². The summed E-state index contributed by atoms with van der Waals surface area (Å²) in [6, 6.07) is 1.88. The average molecular weight is 222 g/mol. The lowest BCUT2D eigenvalue weighted by Gasteiger charge is -2.11. The van der Waals surface area contributed by atoms with E-state index in [1.54, 1.807) is 18.6 Å². The van der Waals surface area contributed by atoms with E-state index in [1.807, 2.05) is 16.8 Å². The Morgan fingerprint density at radius 1 is 1.33 bits per heavy atom. The van der Waals surface area contributed by atoms with Gasteiger partial charge in [-0.1, -0.05) is 25.4 Å². The number of nitrogens with zero attached hydrogens (tertiary/aromatic N) is 3. The van der Waals surface area contributed by atoms with Gasteiger partial charge in [-0.2, -0.15) is 0 Å². The molecular formula is C11H12ClN3. The molecule has 0 saturated carbocycles. The molecule has 78 valence electrons. The highest BCUT2D eigenvalue weighted by Crippen LogP contribution is 2.22. The van der Waals surface area contributed by atoms with Crippen LogP contribution in [0.4, 0.5) is 0 Å². The van der Waals surface area contributed by atoms with Gasteiger partial charge in [0.25, 0.3) is 0 Å². The molecule has 3 nitrogen and oxygen atoms in total.